The van der Waals surface area contributed by atoms with E-state index in [-0.39, 0.29) is 5.75 Å². The number of hydrogen-bond donors (Lipinski definition) is 1. The molecule has 3 aromatic rings. The zero-order valence-electron chi connectivity index (χ0n) is 22.0. The maximum atomic E-state index is 9.82. The van der Waals surface area contributed by atoms with Gasteiger partial charge in [-0.25, -0.2) is 9.98 Å². The first kappa shape index (κ1) is 27.9. The minimum atomic E-state index is 0.125. The molecular formula is C31H42N2O2S. The Hall–Kier alpha value is -2.66. The summed E-state index contributed by atoms with van der Waals surface area (Å²) < 4.78 is 5.20. The summed E-state index contributed by atoms with van der Waals surface area (Å²) in [6.07, 6.45) is 19.1. The van der Waals surface area contributed by atoms with Crippen molar-refractivity contribution < 1.29 is 9.84 Å². The predicted molar refractivity (Wildman–Crippen MR) is 154 cm³/mol. The van der Waals surface area contributed by atoms with E-state index in [1.807, 2.05) is 12.1 Å². The number of phenols is 1. The first-order valence-electron chi connectivity index (χ1n) is 13.7. The Morgan fingerprint density at radius 3 is 2.14 bits per heavy atom. The van der Waals surface area contributed by atoms with Crippen molar-refractivity contribution in [1.82, 2.24) is 4.98 Å². The normalized spacial score (nSPS) is 11.4. The third-order valence-corrected chi connectivity index (χ3v) is 7.54. The highest BCUT2D eigenvalue weighted by Gasteiger charge is 2.12. The number of methoxy groups -OCH3 is 1. The van der Waals surface area contributed by atoms with Crippen LogP contribution in [0.15, 0.2) is 53.5 Å². The van der Waals surface area contributed by atoms with Gasteiger partial charge in [-0.05, 0) is 36.6 Å². The van der Waals surface area contributed by atoms with Crippen molar-refractivity contribution in [3.05, 3.63) is 59.0 Å². The van der Waals surface area contributed by atoms with Crippen molar-refractivity contribution in [2.45, 2.75) is 90.4 Å². The maximum absolute atomic E-state index is 9.82. The Kier molecular flexibility index (Phi) is 12.5. The number of aromatic nitrogens is 1. The number of hydrogen-bond acceptors (Lipinski definition) is 5. The number of benzene rings is 2. The molecule has 0 spiro atoms. The zero-order chi connectivity index (χ0) is 25.4. The molecule has 0 radical (unpaired) electrons. The lowest BCUT2D eigenvalue weighted by Crippen LogP contribution is -1.88. The molecule has 0 saturated carbocycles. The lowest BCUT2D eigenvalue weighted by atomic mass is 10.0. The molecule has 194 valence electrons. The fourth-order valence-electron chi connectivity index (χ4n) is 4.42. The molecule has 2 aromatic carbocycles. The Morgan fingerprint density at radius 1 is 0.861 bits per heavy atom. The second-order valence-electron chi connectivity index (χ2n) is 9.46. The van der Waals surface area contributed by atoms with Crippen molar-refractivity contribution in [3.8, 4) is 22.8 Å². The molecule has 1 heterocycles. The largest absolute Gasteiger partial charge is 0.504 e. The highest BCUT2D eigenvalue weighted by atomic mass is 32.1. The summed E-state index contributed by atoms with van der Waals surface area (Å²) in [4.78, 5) is 10.8. The van der Waals surface area contributed by atoms with Gasteiger partial charge in [-0.2, -0.15) is 0 Å². The number of ether oxygens (including phenoxy) is 1. The molecule has 0 aliphatic rings. The summed E-state index contributed by atoms with van der Waals surface area (Å²) in [5.41, 5.74) is 3.07. The van der Waals surface area contributed by atoms with Crippen LogP contribution in [0, 0.1) is 0 Å². The van der Waals surface area contributed by atoms with Crippen LogP contribution < -0.4 is 4.74 Å². The second-order valence-corrected chi connectivity index (χ2v) is 10.5. The van der Waals surface area contributed by atoms with E-state index in [1.54, 1.807) is 36.8 Å². The van der Waals surface area contributed by atoms with Gasteiger partial charge in [0.2, 0.25) is 5.13 Å². The quantitative estimate of drug-likeness (QED) is 0.146. The Morgan fingerprint density at radius 2 is 1.50 bits per heavy atom. The Labute approximate surface area is 221 Å². The van der Waals surface area contributed by atoms with Gasteiger partial charge in [-0.1, -0.05) is 119 Å². The fraction of sp³-hybridized carbons (Fsp3) is 0.484. The molecule has 36 heavy (non-hydrogen) atoms. The molecule has 0 atom stereocenters. The van der Waals surface area contributed by atoms with Gasteiger partial charge in [0.25, 0.3) is 0 Å². The molecular weight excluding hydrogens is 464 g/mol. The molecule has 4 nitrogen and oxygen atoms in total. The van der Waals surface area contributed by atoms with Crippen molar-refractivity contribution in [3.63, 3.8) is 0 Å². The maximum Gasteiger partial charge on any atom is 0.209 e. The molecule has 3 rings (SSSR count). The summed E-state index contributed by atoms with van der Waals surface area (Å²) in [5.74, 6) is 0.565. The van der Waals surface area contributed by atoms with Crippen LogP contribution >= 0.6 is 11.3 Å². The van der Waals surface area contributed by atoms with E-state index in [1.165, 1.54) is 81.9 Å². The predicted octanol–water partition coefficient (Wildman–Crippen LogP) is 9.52. The van der Waals surface area contributed by atoms with Crippen LogP contribution in [0.1, 0.15) is 94.4 Å². The van der Waals surface area contributed by atoms with E-state index < -0.39 is 0 Å². The van der Waals surface area contributed by atoms with Gasteiger partial charge < -0.3 is 9.84 Å². The van der Waals surface area contributed by atoms with Crippen LogP contribution in [-0.2, 0) is 6.42 Å². The molecule has 0 aliphatic carbocycles. The van der Waals surface area contributed by atoms with E-state index in [4.69, 9.17) is 9.72 Å². The van der Waals surface area contributed by atoms with Crippen LogP contribution in [0.2, 0.25) is 0 Å². The number of phenolic OH excluding ortho intramolecular Hbond substituents is 1. The van der Waals surface area contributed by atoms with Crippen LogP contribution in [0.5, 0.6) is 11.5 Å². The molecule has 1 N–H and O–H groups in total. The van der Waals surface area contributed by atoms with E-state index in [9.17, 15) is 5.11 Å². The van der Waals surface area contributed by atoms with Crippen molar-refractivity contribution in [1.29, 1.82) is 0 Å². The molecule has 0 unspecified atom stereocenters. The summed E-state index contributed by atoms with van der Waals surface area (Å²) in [5, 5.41) is 10.6. The number of aromatic hydroxyl groups is 1. The van der Waals surface area contributed by atoms with Gasteiger partial charge in [-0.3, -0.25) is 0 Å². The van der Waals surface area contributed by atoms with E-state index >= 15 is 0 Å². The van der Waals surface area contributed by atoms with Crippen LogP contribution in [-0.4, -0.2) is 23.4 Å². The van der Waals surface area contributed by atoms with Gasteiger partial charge in [0, 0.05) is 16.7 Å². The molecule has 0 bridgehead atoms. The summed E-state index contributed by atoms with van der Waals surface area (Å²) in [6, 6.07) is 15.6. The summed E-state index contributed by atoms with van der Waals surface area (Å²) in [7, 11) is 1.55. The van der Waals surface area contributed by atoms with Crippen LogP contribution in [0.25, 0.3) is 11.3 Å². The molecule has 0 aliphatic heterocycles. The Bertz CT molecular complexity index is 1050. The highest BCUT2D eigenvalue weighted by molar-refractivity contribution is 7.15. The average molecular weight is 507 g/mol. The number of unbranched alkanes of at least 4 members (excludes halogenated alkanes) is 11. The molecule has 1 aromatic heterocycles. The van der Waals surface area contributed by atoms with Gasteiger partial charge in [0.15, 0.2) is 11.5 Å². The second kappa shape index (κ2) is 16.2. The summed E-state index contributed by atoms with van der Waals surface area (Å²) in [6.45, 7) is 2.28. The number of aryl methyl sites for hydroxylation is 1. The van der Waals surface area contributed by atoms with Crippen LogP contribution in [0.3, 0.4) is 0 Å². The van der Waals surface area contributed by atoms with Gasteiger partial charge >= 0.3 is 0 Å². The SMILES string of the molecule is CCCCCCCCCCCCCCc1sc(/N=C/c2ccc(O)c(OC)c2)nc1-c1ccccc1. The molecule has 0 saturated heterocycles. The number of nitrogens with zero attached hydrogens (tertiary/aromatic N) is 2. The number of aliphatic imine (C=N–C) groups is 1. The van der Waals surface area contributed by atoms with Gasteiger partial charge in [0.05, 0.1) is 12.8 Å². The van der Waals surface area contributed by atoms with E-state index in [2.05, 4.69) is 36.2 Å². The standard InChI is InChI=1S/C31H42N2O2S/c1-3-4-5-6-7-8-9-10-11-12-13-17-20-29-30(26-18-15-14-16-19-26)33-31(36-29)32-24-25-21-22-27(34)28(23-25)35-2/h14-16,18-19,21-24,34H,3-13,17,20H2,1-2H3/b32-24+. The minimum Gasteiger partial charge on any atom is -0.504 e. The van der Waals surface area contributed by atoms with Gasteiger partial charge in [-0.15, -0.1) is 0 Å². The topological polar surface area (TPSA) is 54.7 Å². The molecule has 5 heteroatoms. The lowest BCUT2D eigenvalue weighted by molar-refractivity contribution is 0.373. The van der Waals surface area contributed by atoms with E-state index in [0.29, 0.717) is 5.75 Å². The smallest absolute Gasteiger partial charge is 0.209 e. The number of rotatable bonds is 17. The van der Waals surface area contributed by atoms with Gasteiger partial charge in [0.1, 0.15) is 0 Å². The number of thiazole rings is 1. The Balaban J connectivity index is 1.50. The van der Waals surface area contributed by atoms with E-state index in [0.717, 1.165) is 28.4 Å². The van der Waals surface area contributed by atoms with Crippen LogP contribution in [0.4, 0.5) is 5.13 Å². The monoisotopic (exact) mass is 506 g/mol. The zero-order valence-corrected chi connectivity index (χ0v) is 22.9. The van der Waals surface area contributed by atoms with Crippen molar-refractivity contribution >= 4 is 22.7 Å². The summed E-state index contributed by atoms with van der Waals surface area (Å²) >= 11 is 1.68. The average Bonchev–Trinajstić information content (AvgIpc) is 3.32. The highest BCUT2D eigenvalue weighted by Crippen LogP contribution is 2.34. The fourth-order valence-corrected chi connectivity index (χ4v) is 5.39. The third kappa shape index (κ3) is 9.42. The van der Waals surface area contributed by atoms with Crippen molar-refractivity contribution in [2.75, 3.05) is 7.11 Å². The first-order valence-corrected chi connectivity index (χ1v) is 14.5. The third-order valence-electron chi connectivity index (χ3n) is 6.52. The molecule has 0 fully saturated rings. The lowest BCUT2D eigenvalue weighted by Gasteiger charge is -2.04. The first-order chi connectivity index (χ1) is 17.7. The molecule has 0 amide bonds. The van der Waals surface area contributed by atoms with Crippen molar-refractivity contribution in [2.24, 2.45) is 4.99 Å². The minimum absolute atomic E-state index is 0.125.